The minimum absolute atomic E-state index is 0.0536. The molecule has 0 unspecified atom stereocenters. The van der Waals surface area contributed by atoms with Crippen molar-refractivity contribution in [2.45, 2.75) is 6.92 Å². The molecule has 0 spiro atoms. The van der Waals surface area contributed by atoms with Gasteiger partial charge in [-0.3, -0.25) is 10.1 Å². The lowest BCUT2D eigenvalue weighted by molar-refractivity contribution is -0.387. The van der Waals surface area contributed by atoms with Gasteiger partial charge >= 0.3 is 5.69 Å². The van der Waals surface area contributed by atoms with Crippen LogP contribution in [-0.4, -0.2) is 9.91 Å². The molecule has 0 atom stereocenters. The Balaban J connectivity index is 2.36. The summed E-state index contributed by atoms with van der Waals surface area (Å²) >= 11 is 3.24. The minimum atomic E-state index is -1.18. The summed E-state index contributed by atoms with van der Waals surface area (Å²) in [5.41, 5.74) is -0.160. The number of halogens is 3. The van der Waals surface area contributed by atoms with Crippen LogP contribution >= 0.6 is 15.9 Å². The van der Waals surface area contributed by atoms with Gasteiger partial charge in [-0.15, -0.1) is 0 Å². The van der Waals surface area contributed by atoms with Gasteiger partial charge in [-0.2, -0.15) is 4.39 Å². The van der Waals surface area contributed by atoms with E-state index in [1.165, 1.54) is 12.3 Å². The Kier molecular flexibility index (Phi) is 3.93. The summed E-state index contributed by atoms with van der Waals surface area (Å²) in [6.07, 6.45) is 1.45. The SMILES string of the molecule is Cc1cc(Oc2cc(F)c([N+](=O)[O-])cc2F)ncc1Br. The second-order valence-corrected chi connectivity index (χ2v) is 4.72. The number of ether oxygens (including phenoxy) is 1. The molecule has 1 aromatic heterocycles. The summed E-state index contributed by atoms with van der Waals surface area (Å²) in [5, 5.41) is 10.5. The molecule has 2 aromatic rings. The van der Waals surface area contributed by atoms with Crippen LogP contribution in [0.25, 0.3) is 0 Å². The van der Waals surface area contributed by atoms with Gasteiger partial charge in [0, 0.05) is 22.8 Å². The first-order valence-electron chi connectivity index (χ1n) is 5.32. The predicted octanol–water partition coefficient (Wildman–Crippen LogP) is 4.13. The number of nitro groups is 1. The van der Waals surface area contributed by atoms with Crippen LogP contribution in [0.1, 0.15) is 5.56 Å². The lowest BCUT2D eigenvalue weighted by Gasteiger charge is -2.07. The molecular weight excluding hydrogens is 338 g/mol. The Labute approximate surface area is 120 Å². The summed E-state index contributed by atoms with van der Waals surface area (Å²) in [4.78, 5) is 13.3. The van der Waals surface area contributed by atoms with Crippen LogP contribution < -0.4 is 4.74 Å². The highest BCUT2D eigenvalue weighted by Crippen LogP contribution is 2.30. The third-order valence-corrected chi connectivity index (χ3v) is 3.26. The van der Waals surface area contributed by atoms with Crippen LogP contribution in [0.15, 0.2) is 28.9 Å². The Bertz CT molecular complexity index is 695. The van der Waals surface area contributed by atoms with Crippen molar-refractivity contribution >= 4 is 21.6 Å². The molecule has 0 amide bonds. The van der Waals surface area contributed by atoms with Crippen molar-refractivity contribution in [1.29, 1.82) is 0 Å². The van der Waals surface area contributed by atoms with E-state index in [1.807, 2.05) is 0 Å². The molecule has 2 rings (SSSR count). The highest BCUT2D eigenvalue weighted by molar-refractivity contribution is 9.10. The van der Waals surface area contributed by atoms with Crippen LogP contribution in [0.4, 0.5) is 14.5 Å². The van der Waals surface area contributed by atoms with Gasteiger partial charge in [-0.05, 0) is 28.4 Å². The van der Waals surface area contributed by atoms with Gasteiger partial charge in [-0.1, -0.05) is 0 Å². The Hall–Kier alpha value is -2.09. The molecule has 5 nitrogen and oxygen atoms in total. The molecule has 20 heavy (non-hydrogen) atoms. The molecule has 0 saturated heterocycles. The summed E-state index contributed by atoms with van der Waals surface area (Å²) in [5.74, 6) is -2.64. The molecule has 8 heteroatoms. The summed E-state index contributed by atoms with van der Waals surface area (Å²) in [6.45, 7) is 1.77. The quantitative estimate of drug-likeness (QED) is 0.620. The van der Waals surface area contributed by atoms with Gasteiger partial charge in [-0.25, -0.2) is 9.37 Å². The molecule has 0 N–H and O–H groups in total. The summed E-state index contributed by atoms with van der Waals surface area (Å²) in [6, 6.07) is 2.60. The average molecular weight is 345 g/mol. The number of nitrogens with zero attached hydrogens (tertiary/aromatic N) is 2. The van der Waals surface area contributed by atoms with E-state index in [0.29, 0.717) is 12.1 Å². The normalized spacial score (nSPS) is 10.4. The van der Waals surface area contributed by atoms with E-state index in [1.54, 1.807) is 6.92 Å². The van der Waals surface area contributed by atoms with E-state index in [2.05, 4.69) is 20.9 Å². The smallest absolute Gasteiger partial charge is 0.307 e. The number of nitro benzene ring substituents is 1. The maximum Gasteiger partial charge on any atom is 0.307 e. The van der Waals surface area contributed by atoms with E-state index in [-0.39, 0.29) is 5.88 Å². The zero-order valence-corrected chi connectivity index (χ0v) is 11.6. The maximum atomic E-state index is 13.6. The largest absolute Gasteiger partial charge is 0.436 e. The van der Waals surface area contributed by atoms with Crippen LogP contribution in [-0.2, 0) is 0 Å². The van der Waals surface area contributed by atoms with Gasteiger partial charge in [0.15, 0.2) is 11.6 Å². The van der Waals surface area contributed by atoms with Crippen LogP contribution in [0.2, 0.25) is 0 Å². The molecule has 104 valence electrons. The molecule has 0 aliphatic carbocycles. The van der Waals surface area contributed by atoms with E-state index in [9.17, 15) is 18.9 Å². The summed E-state index contributed by atoms with van der Waals surface area (Å²) < 4.78 is 32.9. The molecule has 1 heterocycles. The lowest BCUT2D eigenvalue weighted by atomic mass is 10.2. The first-order valence-corrected chi connectivity index (χ1v) is 6.11. The standard InChI is InChI=1S/C12H7BrF2N2O3/c1-6-2-12(16-5-7(6)13)20-11-4-8(14)10(17(18)19)3-9(11)15/h2-5H,1H3. The van der Waals surface area contributed by atoms with Crippen molar-refractivity contribution in [2.24, 2.45) is 0 Å². The number of pyridine rings is 1. The number of benzene rings is 1. The van der Waals surface area contributed by atoms with E-state index < -0.39 is 28.0 Å². The number of rotatable bonds is 3. The van der Waals surface area contributed by atoms with Crippen molar-refractivity contribution in [1.82, 2.24) is 4.98 Å². The first-order chi connectivity index (χ1) is 9.38. The number of hydrogen-bond donors (Lipinski definition) is 0. The number of aryl methyl sites for hydroxylation is 1. The fourth-order valence-electron chi connectivity index (χ4n) is 1.42. The fourth-order valence-corrected chi connectivity index (χ4v) is 1.64. The Morgan fingerprint density at radius 1 is 1.30 bits per heavy atom. The molecule has 1 aromatic carbocycles. The van der Waals surface area contributed by atoms with E-state index >= 15 is 0 Å². The van der Waals surface area contributed by atoms with Crippen LogP contribution in [0.5, 0.6) is 11.6 Å². The predicted molar refractivity (Wildman–Crippen MR) is 69.8 cm³/mol. The Morgan fingerprint density at radius 2 is 2.00 bits per heavy atom. The highest BCUT2D eigenvalue weighted by Gasteiger charge is 2.20. The van der Waals surface area contributed by atoms with E-state index in [4.69, 9.17) is 4.74 Å². The van der Waals surface area contributed by atoms with Gasteiger partial charge < -0.3 is 4.74 Å². The van der Waals surface area contributed by atoms with Gasteiger partial charge in [0.1, 0.15) is 0 Å². The monoisotopic (exact) mass is 344 g/mol. The van der Waals surface area contributed by atoms with Gasteiger partial charge in [0.2, 0.25) is 11.7 Å². The number of aromatic nitrogens is 1. The lowest BCUT2D eigenvalue weighted by Crippen LogP contribution is -1.97. The van der Waals surface area contributed by atoms with Crippen LogP contribution in [0, 0.1) is 28.7 Å². The minimum Gasteiger partial charge on any atom is -0.436 e. The third kappa shape index (κ3) is 2.90. The van der Waals surface area contributed by atoms with Crippen molar-refractivity contribution in [2.75, 3.05) is 0 Å². The zero-order chi connectivity index (χ0) is 14.9. The van der Waals surface area contributed by atoms with Crippen molar-refractivity contribution in [3.8, 4) is 11.6 Å². The topological polar surface area (TPSA) is 65.3 Å². The van der Waals surface area contributed by atoms with Crippen molar-refractivity contribution < 1.29 is 18.4 Å². The second kappa shape index (κ2) is 5.49. The molecule has 0 bridgehead atoms. The third-order valence-electron chi connectivity index (χ3n) is 2.43. The fraction of sp³-hybridized carbons (Fsp3) is 0.0833. The molecule has 0 saturated carbocycles. The maximum absolute atomic E-state index is 13.6. The molecule has 0 aliphatic heterocycles. The summed E-state index contributed by atoms with van der Waals surface area (Å²) in [7, 11) is 0. The van der Waals surface area contributed by atoms with E-state index in [0.717, 1.165) is 10.0 Å². The van der Waals surface area contributed by atoms with Gasteiger partial charge in [0.25, 0.3) is 0 Å². The zero-order valence-electron chi connectivity index (χ0n) is 10.1. The first kappa shape index (κ1) is 14.3. The van der Waals surface area contributed by atoms with Crippen molar-refractivity contribution in [3.05, 3.63) is 56.2 Å². The van der Waals surface area contributed by atoms with Crippen LogP contribution in [0.3, 0.4) is 0 Å². The number of hydrogen-bond acceptors (Lipinski definition) is 4. The average Bonchev–Trinajstić information content (AvgIpc) is 2.37. The molecule has 0 radical (unpaired) electrons. The molecule has 0 fully saturated rings. The second-order valence-electron chi connectivity index (χ2n) is 3.86. The molecule has 0 aliphatic rings. The Morgan fingerprint density at radius 3 is 2.60 bits per heavy atom. The van der Waals surface area contributed by atoms with Crippen molar-refractivity contribution in [3.63, 3.8) is 0 Å². The molecular formula is C12H7BrF2N2O3. The highest BCUT2D eigenvalue weighted by atomic mass is 79.9. The van der Waals surface area contributed by atoms with Gasteiger partial charge in [0.05, 0.1) is 11.0 Å².